The summed E-state index contributed by atoms with van der Waals surface area (Å²) >= 11 is 3.62. The van der Waals surface area contributed by atoms with Gasteiger partial charge >= 0.3 is 5.69 Å². The second-order valence-corrected chi connectivity index (χ2v) is 6.27. The number of rotatable bonds is 3. The molecule has 2 aliphatic heterocycles. The summed E-state index contributed by atoms with van der Waals surface area (Å²) in [7, 11) is 0. The van der Waals surface area contributed by atoms with Crippen LogP contribution in [0.2, 0.25) is 0 Å². The van der Waals surface area contributed by atoms with E-state index in [1.807, 2.05) is 4.57 Å². The van der Waals surface area contributed by atoms with Crippen molar-refractivity contribution in [2.45, 2.75) is 45.2 Å². The lowest BCUT2D eigenvalue weighted by Gasteiger charge is -2.35. The van der Waals surface area contributed by atoms with Gasteiger partial charge in [-0.25, -0.2) is 9.48 Å². The van der Waals surface area contributed by atoms with Crippen LogP contribution in [-0.2, 0) is 24.2 Å². The van der Waals surface area contributed by atoms with Crippen LogP contribution in [0.3, 0.4) is 0 Å². The number of fused-ring (bicyclic) bond motifs is 1. The summed E-state index contributed by atoms with van der Waals surface area (Å²) < 4.78 is 8.98. The lowest BCUT2D eigenvalue weighted by molar-refractivity contribution is 0.0163. The topological polar surface area (TPSA) is 49.1 Å². The summed E-state index contributed by atoms with van der Waals surface area (Å²) in [5.74, 6) is 0.966. The van der Waals surface area contributed by atoms with Gasteiger partial charge in [-0.15, -0.1) is 0 Å². The molecule has 1 fully saturated rings. The molecule has 1 aromatic rings. The van der Waals surface area contributed by atoms with E-state index in [1.54, 1.807) is 4.68 Å². The van der Waals surface area contributed by atoms with E-state index < -0.39 is 0 Å². The van der Waals surface area contributed by atoms with Gasteiger partial charge in [-0.3, -0.25) is 4.57 Å². The van der Waals surface area contributed by atoms with Crippen molar-refractivity contribution in [3.63, 3.8) is 0 Å². The largest absolute Gasteiger partial charge is 0.381 e. The average molecular weight is 330 g/mol. The van der Waals surface area contributed by atoms with E-state index in [2.05, 4.69) is 21.0 Å². The molecule has 106 valence electrons. The van der Waals surface area contributed by atoms with Crippen molar-refractivity contribution >= 4 is 15.9 Å². The molecule has 0 N–H and O–H groups in total. The third-order valence-electron chi connectivity index (χ3n) is 4.35. The lowest BCUT2D eigenvalue weighted by atomic mass is 9.82. The maximum Gasteiger partial charge on any atom is 0.345 e. The van der Waals surface area contributed by atoms with Gasteiger partial charge in [0, 0.05) is 36.9 Å². The first-order valence-corrected chi connectivity index (χ1v) is 8.16. The Kier molecular flexibility index (Phi) is 3.80. The van der Waals surface area contributed by atoms with Crippen molar-refractivity contribution in [3.05, 3.63) is 16.3 Å². The highest BCUT2D eigenvalue weighted by molar-refractivity contribution is 9.09. The van der Waals surface area contributed by atoms with Gasteiger partial charge in [0.25, 0.3) is 0 Å². The minimum absolute atomic E-state index is 0.0708. The van der Waals surface area contributed by atoms with Gasteiger partial charge in [0.1, 0.15) is 5.82 Å². The van der Waals surface area contributed by atoms with Crippen LogP contribution in [0, 0.1) is 5.41 Å². The van der Waals surface area contributed by atoms with Crippen LogP contribution >= 0.6 is 15.9 Å². The fourth-order valence-electron chi connectivity index (χ4n) is 3.01. The van der Waals surface area contributed by atoms with Crippen molar-refractivity contribution in [2.75, 3.05) is 18.5 Å². The van der Waals surface area contributed by atoms with Crippen LogP contribution < -0.4 is 5.69 Å². The maximum atomic E-state index is 12.4. The van der Waals surface area contributed by atoms with Gasteiger partial charge in [-0.1, -0.05) is 15.9 Å². The zero-order chi connectivity index (χ0) is 13.3. The molecule has 0 spiro atoms. The van der Waals surface area contributed by atoms with Crippen LogP contribution in [0.1, 0.15) is 31.5 Å². The van der Waals surface area contributed by atoms with Crippen molar-refractivity contribution in [1.82, 2.24) is 14.3 Å². The Labute approximate surface area is 121 Å². The minimum atomic E-state index is 0.0708. The molecule has 0 unspecified atom stereocenters. The first kappa shape index (κ1) is 13.4. The highest BCUT2D eigenvalue weighted by atomic mass is 79.9. The zero-order valence-electron chi connectivity index (χ0n) is 11.1. The number of ether oxygens (including phenoxy) is 1. The molecule has 0 amide bonds. The lowest BCUT2D eigenvalue weighted by Crippen LogP contribution is -2.39. The summed E-state index contributed by atoms with van der Waals surface area (Å²) in [6.07, 6.45) is 5.16. The Hall–Kier alpha value is -0.620. The van der Waals surface area contributed by atoms with Crippen molar-refractivity contribution in [1.29, 1.82) is 0 Å². The third kappa shape index (κ3) is 2.52. The third-order valence-corrected chi connectivity index (χ3v) is 5.54. The molecule has 6 heteroatoms. The van der Waals surface area contributed by atoms with E-state index in [9.17, 15) is 4.79 Å². The van der Waals surface area contributed by atoms with Crippen LogP contribution in [0.4, 0.5) is 0 Å². The molecule has 0 atom stereocenters. The number of alkyl halides is 1. The van der Waals surface area contributed by atoms with Gasteiger partial charge in [0.15, 0.2) is 0 Å². The normalized spacial score (nSPS) is 22.2. The number of nitrogens with zero attached hydrogens (tertiary/aromatic N) is 3. The molecule has 5 nitrogen and oxygen atoms in total. The molecule has 3 rings (SSSR count). The number of halogens is 1. The zero-order valence-corrected chi connectivity index (χ0v) is 12.7. The standard InChI is InChI=1S/C13H20BrN3O2/c14-9-13(4-7-19-8-5-13)10-17-12(18)16-6-2-1-3-11(16)15-17/h1-10H2. The second-order valence-electron chi connectivity index (χ2n) is 5.71. The fourth-order valence-corrected chi connectivity index (χ4v) is 3.75. The Morgan fingerprint density at radius 3 is 2.79 bits per heavy atom. The quantitative estimate of drug-likeness (QED) is 0.791. The number of aryl methyl sites for hydroxylation is 1. The molecular weight excluding hydrogens is 310 g/mol. The van der Waals surface area contributed by atoms with Crippen LogP contribution in [0.25, 0.3) is 0 Å². The van der Waals surface area contributed by atoms with E-state index >= 15 is 0 Å². The monoisotopic (exact) mass is 329 g/mol. The Morgan fingerprint density at radius 1 is 1.32 bits per heavy atom. The number of hydrogen-bond acceptors (Lipinski definition) is 3. The van der Waals surface area contributed by atoms with Crippen molar-refractivity contribution in [3.8, 4) is 0 Å². The Balaban J connectivity index is 1.86. The molecule has 3 heterocycles. The summed E-state index contributed by atoms with van der Waals surface area (Å²) in [6, 6.07) is 0. The molecule has 1 aromatic heterocycles. The summed E-state index contributed by atoms with van der Waals surface area (Å²) in [5, 5.41) is 5.44. The van der Waals surface area contributed by atoms with Crippen LogP contribution in [0.15, 0.2) is 4.79 Å². The molecule has 1 saturated heterocycles. The van der Waals surface area contributed by atoms with Gasteiger partial charge in [0.05, 0.1) is 6.54 Å². The maximum absolute atomic E-state index is 12.4. The van der Waals surface area contributed by atoms with Gasteiger partial charge in [-0.2, -0.15) is 5.10 Å². The predicted octanol–water partition coefficient (Wildman–Crippen LogP) is 1.57. The Bertz CT molecular complexity index is 502. The average Bonchev–Trinajstić information content (AvgIpc) is 2.77. The first-order chi connectivity index (χ1) is 9.24. The van der Waals surface area contributed by atoms with Gasteiger partial charge < -0.3 is 4.74 Å². The fraction of sp³-hybridized carbons (Fsp3) is 0.846. The first-order valence-electron chi connectivity index (χ1n) is 7.04. The summed E-state index contributed by atoms with van der Waals surface area (Å²) in [6.45, 7) is 3.11. The highest BCUT2D eigenvalue weighted by Crippen LogP contribution is 2.33. The molecule has 19 heavy (non-hydrogen) atoms. The van der Waals surface area contributed by atoms with Crippen LogP contribution in [-0.4, -0.2) is 32.9 Å². The highest BCUT2D eigenvalue weighted by Gasteiger charge is 2.33. The molecule has 0 saturated carbocycles. The molecule has 2 aliphatic rings. The van der Waals surface area contributed by atoms with Crippen molar-refractivity contribution < 1.29 is 4.74 Å². The van der Waals surface area contributed by atoms with E-state index in [0.717, 1.165) is 63.0 Å². The Morgan fingerprint density at radius 2 is 2.11 bits per heavy atom. The van der Waals surface area contributed by atoms with E-state index in [1.165, 1.54) is 0 Å². The van der Waals surface area contributed by atoms with Crippen LogP contribution in [0.5, 0.6) is 0 Å². The number of aromatic nitrogens is 3. The molecular formula is C13H20BrN3O2. The van der Waals surface area contributed by atoms with E-state index in [4.69, 9.17) is 4.74 Å². The second kappa shape index (κ2) is 5.40. The van der Waals surface area contributed by atoms with E-state index in [-0.39, 0.29) is 11.1 Å². The summed E-state index contributed by atoms with van der Waals surface area (Å²) in [4.78, 5) is 12.4. The summed E-state index contributed by atoms with van der Waals surface area (Å²) in [5.41, 5.74) is 0.188. The SMILES string of the molecule is O=c1n(CC2(CBr)CCOCC2)nc2n1CCCC2. The molecule has 0 aromatic carbocycles. The number of hydrogen-bond donors (Lipinski definition) is 0. The minimum Gasteiger partial charge on any atom is -0.381 e. The van der Waals surface area contributed by atoms with Gasteiger partial charge in [-0.05, 0) is 25.7 Å². The molecule has 0 radical (unpaired) electrons. The molecule has 0 bridgehead atoms. The molecule has 0 aliphatic carbocycles. The van der Waals surface area contributed by atoms with Gasteiger partial charge in [0.2, 0.25) is 0 Å². The van der Waals surface area contributed by atoms with E-state index in [0.29, 0.717) is 6.54 Å². The van der Waals surface area contributed by atoms with Crippen molar-refractivity contribution in [2.24, 2.45) is 5.41 Å². The predicted molar refractivity (Wildman–Crippen MR) is 75.7 cm³/mol. The smallest absolute Gasteiger partial charge is 0.345 e.